The number of nitrogens with zero attached hydrogens (tertiary/aromatic N) is 2. The highest BCUT2D eigenvalue weighted by Crippen LogP contribution is 1.98. The van der Waals surface area contributed by atoms with Crippen LogP contribution < -0.4 is 11.1 Å². The van der Waals surface area contributed by atoms with Gasteiger partial charge in [-0.15, -0.1) is 0 Å². The van der Waals surface area contributed by atoms with E-state index in [0.717, 1.165) is 32.8 Å². The Bertz CT molecular complexity index is 277. The highest BCUT2D eigenvalue weighted by Gasteiger charge is 2.15. The van der Waals surface area contributed by atoms with Gasteiger partial charge in [0.2, 0.25) is 5.91 Å². The van der Waals surface area contributed by atoms with Crippen LogP contribution in [-0.2, 0) is 9.53 Å². The summed E-state index contributed by atoms with van der Waals surface area (Å²) in [6.07, 6.45) is -0.0794. The molecule has 98 valence electrons. The van der Waals surface area contributed by atoms with Crippen molar-refractivity contribution >= 4 is 11.7 Å². The van der Waals surface area contributed by atoms with Gasteiger partial charge in [0.15, 0.2) is 0 Å². The van der Waals surface area contributed by atoms with Crippen LogP contribution >= 0.6 is 0 Å². The summed E-state index contributed by atoms with van der Waals surface area (Å²) < 4.78 is 5.24. The molecular formula is C10H20N4O3. The topological polar surface area (TPSA) is 100 Å². The summed E-state index contributed by atoms with van der Waals surface area (Å²) in [5, 5.41) is 13.9. The molecule has 0 saturated carbocycles. The molecule has 7 heteroatoms. The predicted octanol–water partition coefficient (Wildman–Crippen LogP) is -1.04. The largest absolute Gasteiger partial charge is 0.409 e. The van der Waals surface area contributed by atoms with E-state index in [-0.39, 0.29) is 24.2 Å². The zero-order chi connectivity index (χ0) is 12.7. The Kier molecular flexibility index (Phi) is 5.71. The molecule has 1 heterocycles. The number of oxime groups is 1. The van der Waals surface area contributed by atoms with E-state index in [1.165, 1.54) is 0 Å². The minimum Gasteiger partial charge on any atom is -0.409 e. The van der Waals surface area contributed by atoms with Crippen molar-refractivity contribution in [3.8, 4) is 0 Å². The third-order valence-corrected chi connectivity index (χ3v) is 2.51. The van der Waals surface area contributed by atoms with Crippen LogP contribution in [0, 0.1) is 0 Å². The van der Waals surface area contributed by atoms with Crippen LogP contribution in [0.5, 0.6) is 0 Å². The number of carbonyl (C=O) groups is 1. The third-order valence-electron chi connectivity index (χ3n) is 2.51. The van der Waals surface area contributed by atoms with E-state index in [9.17, 15) is 4.79 Å². The highest BCUT2D eigenvalue weighted by atomic mass is 16.5. The highest BCUT2D eigenvalue weighted by molar-refractivity contribution is 5.98. The van der Waals surface area contributed by atoms with Gasteiger partial charge in [-0.05, 0) is 6.92 Å². The lowest BCUT2D eigenvalue weighted by atomic mass is 10.2. The number of amides is 1. The molecule has 4 N–H and O–H groups in total. The number of rotatable bonds is 5. The molecule has 0 radical (unpaired) electrons. The maximum absolute atomic E-state index is 11.4. The molecule has 0 aliphatic carbocycles. The van der Waals surface area contributed by atoms with E-state index in [0.29, 0.717) is 0 Å². The van der Waals surface area contributed by atoms with E-state index < -0.39 is 0 Å². The Morgan fingerprint density at radius 3 is 2.82 bits per heavy atom. The van der Waals surface area contributed by atoms with Crippen molar-refractivity contribution in [2.75, 3.05) is 32.8 Å². The number of nitrogens with two attached hydrogens (primary N) is 1. The number of hydrogen-bond donors (Lipinski definition) is 3. The fourth-order valence-electron chi connectivity index (χ4n) is 1.74. The zero-order valence-corrected chi connectivity index (χ0v) is 10.1. The van der Waals surface area contributed by atoms with Crippen LogP contribution in [-0.4, -0.2) is 60.7 Å². The van der Waals surface area contributed by atoms with E-state index in [1.54, 1.807) is 0 Å². The van der Waals surface area contributed by atoms with Crippen LogP contribution in [0.2, 0.25) is 0 Å². The van der Waals surface area contributed by atoms with Crippen molar-refractivity contribution in [1.82, 2.24) is 10.2 Å². The number of nitrogens with one attached hydrogen (secondary N) is 1. The molecule has 17 heavy (non-hydrogen) atoms. The summed E-state index contributed by atoms with van der Waals surface area (Å²) in [6, 6.07) is 0.0343. The molecule has 1 fully saturated rings. The van der Waals surface area contributed by atoms with Gasteiger partial charge < -0.3 is 21.0 Å². The molecule has 1 saturated heterocycles. The first kappa shape index (κ1) is 13.7. The fourth-order valence-corrected chi connectivity index (χ4v) is 1.74. The monoisotopic (exact) mass is 244 g/mol. The van der Waals surface area contributed by atoms with Crippen LogP contribution in [0.25, 0.3) is 0 Å². The number of ether oxygens (including phenoxy) is 1. The minimum atomic E-state index is -0.235. The van der Waals surface area contributed by atoms with E-state index in [2.05, 4.69) is 15.4 Å². The minimum absolute atomic E-state index is 0.0343. The molecule has 1 rings (SSSR count). The second kappa shape index (κ2) is 7.08. The molecular weight excluding hydrogens is 224 g/mol. The number of amidine groups is 1. The van der Waals surface area contributed by atoms with Gasteiger partial charge in [-0.2, -0.15) is 0 Å². The lowest BCUT2D eigenvalue weighted by molar-refractivity contribution is -0.120. The summed E-state index contributed by atoms with van der Waals surface area (Å²) in [7, 11) is 0. The van der Waals surface area contributed by atoms with Crippen molar-refractivity contribution in [3.05, 3.63) is 0 Å². The van der Waals surface area contributed by atoms with Crippen LogP contribution in [0.3, 0.4) is 0 Å². The molecule has 0 aromatic carbocycles. The SMILES string of the molecule is CC(CN1CCOCC1)NC(=O)C/C(N)=N/O. The van der Waals surface area contributed by atoms with Gasteiger partial charge in [0.25, 0.3) is 0 Å². The van der Waals surface area contributed by atoms with Crippen molar-refractivity contribution in [2.45, 2.75) is 19.4 Å². The summed E-state index contributed by atoms with van der Waals surface area (Å²) in [4.78, 5) is 13.7. The lowest BCUT2D eigenvalue weighted by Crippen LogP contribution is -2.46. The summed E-state index contributed by atoms with van der Waals surface area (Å²) in [5.41, 5.74) is 5.25. The molecule has 0 aromatic rings. The van der Waals surface area contributed by atoms with Gasteiger partial charge in [-0.1, -0.05) is 5.16 Å². The summed E-state index contributed by atoms with van der Waals surface area (Å²) >= 11 is 0. The first-order valence-electron chi connectivity index (χ1n) is 5.67. The third kappa shape index (κ3) is 5.50. The van der Waals surface area contributed by atoms with Crippen LogP contribution in [0.4, 0.5) is 0 Å². The average molecular weight is 244 g/mol. The molecule has 7 nitrogen and oxygen atoms in total. The molecule has 1 aliphatic rings. The first-order chi connectivity index (χ1) is 8.11. The van der Waals surface area contributed by atoms with Crippen molar-refractivity contribution in [1.29, 1.82) is 0 Å². The zero-order valence-electron chi connectivity index (χ0n) is 10.1. The maximum atomic E-state index is 11.4. The molecule has 0 aromatic heterocycles. The average Bonchev–Trinajstić information content (AvgIpc) is 2.29. The molecule has 1 atom stereocenters. The Morgan fingerprint density at radius 2 is 2.24 bits per heavy atom. The van der Waals surface area contributed by atoms with Crippen molar-refractivity contribution in [3.63, 3.8) is 0 Å². The van der Waals surface area contributed by atoms with E-state index in [4.69, 9.17) is 15.7 Å². The predicted molar refractivity (Wildman–Crippen MR) is 62.9 cm³/mol. The van der Waals surface area contributed by atoms with E-state index in [1.807, 2.05) is 6.92 Å². The Labute approximate surface area is 101 Å². The Morgan fingerprint density at radius 1 is 1.59 bits per heavy atom. The second-order valence-electron chi connectivity index (χ2n) is 4.15. The smallest absolute Gasteiger partial charge is 0.227 e. The quantitative estimate of drug-likeness (QED) is 0.248. The summed E-state index contributed by atoms with van der Waals surface area (Å²) in [5.74, 6) is -0.317. The van der Waals surface area contributed by atoms with E-state index >= 15 is 0 Å². The molecule has 0 bridgehead atoms. The standard InChI is InChI=1S/C10H20N4O3/c1-8(7-14-2-4-17-5-3-14)12-10(15)6-9(11)13-16/h8,16H,2-7H2,1H3,(H2,11,13)(H,12,15). The second-order valence-corrected chi connectivity index (χ2v) is 4.15. The summed E-state index contributed by atoms with van der Waals surface area (Å²) in [6.45, 7) is 5.97. The number of hydrogen-bond acceptors (Lipinski definition) is 5. The fraction of sp³-hybridized carbons (Fsp3) is 0.800. The number of morpholine rings is 1. The molecule has 1 amide bonds. The first-order valence-corrected chi connectivity index (χ1v) is 5.67. The van der Waals surface area contributed by atoms with Gasteiger partial charge in [-0.25, -0.2) is 0 Å². The molecule has 1 aliphatic heterocycles. The van der Waals surface area contributed by atoms with Crippen LogP contribution in [0.1, 0.15) is 13.3 Å². The lowest BCUT2D eigenvalue weighted by Gasteiger charge is -2.29. The van der Waals surface area contributed by atoms with Crippen molar-refractivity contribution in [2.24, 2.45) is 10.9 Å². The van der Waals surface area contributed by atoms with Crippen LogP contribution in [0.15, 0.2) is 5.16 Å². The normalized spacial score (nSPS) is 19.9. The van der Waals surface area contributed by atoms with Gasteiger partial charge >= 0.3 is 0 Å². The Hall–Kier alpha value is -1.34. The van der Waals surface area contributed by atoms with Gasteiger partial charge in [0.1, 0.15) is 5.84 Å². The maximum Gasteiger partial charge on any atom is 0.227 e. The molecule has 1 unspecified atom stereocenters. The van der Waals surface area contributed by atoms with Gasteiger partial charge in [0, 0.05) is 25.7 Å². The van der Waals surface area contributed by atoms with Gasteiger partial charge in [-0.3, -0.25) is 9.69 Å². The Balaban J connectivity index is 2.23. The van der Waals surface area contributed by atoms with Gasteiger partial charge in [0.05, 0.1) is 19.6 Å². The van der Waals surface area contributed by atoms with Crippen molar-refractivity contribution < 1.29 is 14.7 Å². The number of carbonyl (C=O) groups excluding carboxylic acids is 1. The molecule has 0 spiro atoms.